The minimum atomic E-state index is -4.42. The molecular weight excluding hydrogens is 284 g/mol. The largest absolute Gasteiger partial charge is 0.478 e. The Kier molecular flexibility index (Phi) is 5.82. The van der Waals surface area contributed by atoms with Gasteiger partial charge in [-0.25, -0.2) is 4.79 Å². The fraction of sp³-hybridized carbons (Fsp3) is 0.750. The number of rotatable bonds is 8. The van der Waals surface area contributed by atoms with Crippen molar-refractivity contribution in [2.45, 2.75) is 45.7 Å². The lowest BCUT2D eigenvalue weighted by Gasteiger charge is -2.30. The van der Waals surface area contributed by atoms with E-state index in [-0.39, 0.29) is 11.6 Å². The molecule has 8 heteroatoms. The normalized spacial score (nSPS) is 19.4. The number of carbonyl (C=O) groups is 1. The van der Waals surface area contributed by atoms with Crippen LogP contribution in [0.15, 0.2) is 11.2 Å². The highest BCUT2D eigenvalue weighted by Gasteiger charge is 2.41. The molecule has 1 unspecified atom stereocenters. The van der Waals surface area contributed by atoms with Gasteiger partial charge in [0, 0.05) is 19.3 Å². The molecule has 0 amide bonds. The average Bonchev–Trinajstić information content (AvgIpc) is 2.72. The molecule has 0 radical (unpaired) electrons. The van der Waals surface area contributed by atoms with Crippen molar-refractivity contribution in [3.8, 4) is 0 Å². The van der Waals surface area contributed by atoms with Gasteiger partial charge in [0.2, 0.25) is 6.17 Å². The molecule has 0 bridgehead atoms. The van der Waals surface area contributed by atoms with Gasteiger partial charge >= 0.3 is 16.1 Å². The highest BCUT2D eigenvalue weighted by molar-refractivity contribution is 7.89. The Morgan fingerprint density at radius 2 is 1.80 bits per heavy atom. The highest BCUT2D eigenvalue weighted by atomic mass is 32.2. The molecule has 0 aliphatic carbocycles. The third-order valence-electron chi connectivity index (χ3n) is 3.18. The second kappa shape index (κ2) is 6.94. The van der Waals surface area contributed by atoms with Gasteiger partial charge in [0.05, 0.1) is 0 Å². The van der Waals surface area contributed by atoms with E-state index in [2.05, 4.69) is 0 Å². The van der Waals surface area contributed by atoms with Gasteiger partial charge < -0.3 is 14.9 Å². The Bertz CT molecular complexity index is 474. The van der Waals surface area contributed by atoms with Crippen LogP contribution in [0.5, 0.6) is 0 Å². The molecule has 1 heterocycles. The summed E-state index contributed by atoms with van der Waals surface area (Å²) in [4.78, 5) is 14.1. The lowest BCUT2D eigenvalue weighted by molar-refractivity contribution is -0.146. The molecule has 1 atom stereocenters. The Labute approximate surface area is 119 Å². The van der Waals surface area contributed by atoms with Crippen LogP contribution in [-0.4, -0.2) is 53.1 Å². The summed E-state index contributed by atoms with van der Waals surface area (Å²) in [6, 6.07) is 0. The Balaban J connectivity index is 3.07. The van der Waals surface area contributed by atoms with Crippen LogP contribution in [0.25, 0.3) is 0 Å². The fourth-order valence-electron chi connectivity index (χ4n) is 2.16. The van der Waals surface area contributed by atoms with Gasteiger partial charge in [0.25, 0.3) is 0 Å². The molecule has 20 heavy (non-hydrogen) atoms. The molecule has 1 aliphatic heterocycles. The minimum absolute atomic E-state index is 0.279. The Morgan fingerprint density at radius 3 is 2.25 bits per heavy atom. The van der Waals surface area contributed by atoms with Gasteiger partial charge in [-0.05, 0) is 12.8 Å². The predicted molar refractivity (Wildman–Crippen MR) is 74.3 cm³/mol. The maximum atomic E-state index is 11.4. The van der Waals surface area contributed by atoms with Gasteiger partial charge in [0.1, 0.15) is 0 Å². The van der Waals surface area contributed by atoms with E-state index >= 15 is 0 Å². The lowest BCUT2D eigenvalue weighted by Crippen LogP contribution is -2.47. The summed E-state index contributed by atoms with van der Waals surface area (Å²) in [7, 11) is -4.42. The molecule has 0 aromatic carbocycles. The van der Waals surface area contributed by atoms with Crippen molar-refractivity contribution in [2.75, 3.05) is 13.1 Å². The fourth-order valence-corrected chi connectivity index (χ4v) is 2.92. The number of unbranched alkanes of at least 4 members (excludes halogenated alkanes) is 2. The topological polar surface area (TPSA) is 98.2 Å². The molecular formula is C12H22N2O5S. The number of carboxylic acid groups (broad SMARTS) is 1. The lowest BCUT2D eigenvalue weighted by atomic mass is 10.3. The molecule has 1 aliphatic rings. The zero-order chi connectivity index (χ0) is 15.3. The van der Waals surface area contributed by atoms with Crippen molar-refractivity contribution in [1.82, 2.24) is 9.80 Å². The number of carboxylic acids is 1. The zero-order valence-corrected chi connectivity index (χ0v) is 12.6. The van der Waals surface area contributed by atoms with Crippen molar-refractivity contribution in [3.05, 3.63) is 11.2 Å². The molecule has 7 nitrogen and oxygen atoms in total. The Morgan fingerprint density at radius 1 is 1.25 bits per heavy atom. The molecule has 0 aromatic rings. The van der Waals surface area contributed by atoms with E-state index in [1.807, 2.05) is 13.8 Å². The maximum Gasteiger partial charge on any atom is 0.347 e. The molecule has 1 rings (SSSR count). The van der Waals surface area contributed by atoms with Crippen LogP contribution in [0.1, 0.15) is 39.5 Å². The van der Waals surface area contributed by atoms with Gasteiger partial charge in [0.15, 0.2) is 5.03 Å². The van der Waals surface area contributed by atoms with Crippen LogP contribution in [0, 0.1) is 0 Å². The minimum Gasteiger partial charge on any atom is -0.478 e. The van der Waals surface area contributed by atoms with Crippen LogP contribution in [0.3, 0.4) is 0 Å². The summed E-state index contributed by atoms with van der Waals surface area (Å²) in [5.41, 5.74) is 0. The quantitative estimate of drug-likeness (QED) is 0.652. The third-order valence-corrected chi connectivity index (χ3v) is 4.04. The van der Waals surface area contributed by atoms with Crippen molar-refractivity contribution in [1.29, 1.82) is 0 Å². The van der Waals surface area contributed by atoms with E-state index in [0.29, 0.717) is 13.0 Å². The van der Waals surface area contributed by atoms with Crippen molar-refractivity contribution >= 4 is 16.1 Å². The molecule has 116 valence electrons. The van der Waals surface area contributed by atoms with Gasteiger partial charge in [-0.3, -0.25) is 4.55 Å². The van der Waals surface area contributed by atoms with Crippen molar-refractivity contribution < 1.29 is 22.9 Å². The van der Waals surface area contributed by atoms with Gasteiger partial charge in [-0.1, -0.05) is 26.7 Å². The van der Waals surface area contributed by atoms with E-state index in [1.165, 1.54) is 16.0 Å². The first-order valence-corrected chi connectivity index (χ1v) is 8.21. The number of hydrogen-bond acceptors (Lipinski definition) is 5. The van der Waals surface area contributed by atoms with Crippen LogP contribution < -0.4 is 0 Å². The summed E-state index contributed by atoms with van der Waals surface area (Å²) in [6.07, 6.45) is 3.24. The third kappa shape index (κ3) is 3.86. The van der Waals surface area contributed by atoms with Gasteiger partial charge in [-0.2, -0.15) is 8.42 Å². The molecule has 0 aromatic heterocycles. The predicted octanol–water partition coefficient (Wildman–Crippen LogP) is 1.30. The summed E-state index contributed by atoms with van der Waals surface area (Å²) >= 11 is 0. The summed E-state index contributed by atoms with van der Waals surface area (Å²) in [5.74, 6) is -1.12. The number of nitrogens with zero attached hydrogens (tertiary/aromatic N) is 2. The second-order valence-corrected chi connectivity index (χ2v) is 6.16. The summed E-state index contributed by atoms with van der Waals surface area (Å²) < 4.78 is 32.1. The van der Waals surface area contributed by atoms with Crippen LogP contribution >= 0.6 is 0 Å². The zero-order valence-electron chi connectivity index (χ0n) is 11.8. The second-order valence-electron chi connectivity index (χ2n) is 4.79. The van der Waals surface area contributed by atoms with Crippen LogP contribution in [-0.2, 0) is 14.9 Å². The van der Waals surface area contributed by atoms with E-state index in [4.69, 9.17) is 0 Å². The molecule has 2 N–H and O–H groups in total. The first kappa shape index (κ1) is 16.8. The summed E-state index contributed by atoms with van der Waals surface area (Å²) in [5, 5.41) is 9.02. The van der Waals surface area contributed by atoms with E-state index in [0.717, 1.165) is 19.3 Å². The van der Waals surface area contributed by atoms with Crippen molar-refractivity contribution in [2.24, 2.45) is 0 Å². The van der Waals surface area contributed by atoms with Crippen molar-refractivity contribution in [3.63, 3.8) is 0 Å². The Hall–Kier alpha value is -1.28. The first-order valence-electron chi connectivity index (χ1n) is 6.77. The monoisotopic (exact) mass is 306 g/mol. The maximum absolute atomic E-state index is 11.4. The summed E-state index contributed by atoms with van der Waals surface area (Å²) in [6.45, 7) is 4.61. The van der Waals surface area contributed by atoms with E-state index in [9.17, 15) is 22.9 Å². The van der Waals surface area contributed by atoms with Crippen LogP contribution in [0.4, 0.5) is 0 Å². The molecule has 0 saturated heterocycles. The SMILES string of the molecule is CCCCN1C=C(S(=O)(=O)O)N(CCCC)C1C(=O)O. The first-order chi connectivity index (χ1) is 9.32. The highest BCUT2D eigenvalue weighted by Crippen LogP contribution is 2.27. The van der Waals surface area contributed by atoms with Crippen LogP contribution in [0.2, 0.25) is 0 Å². The smallest absolute Gasteiger partial charge is 0.347 e. The standard InChI is InChI=1S/C12H22N2O5S/c1-3-5-7-13-9-10(20(17,18)19)14(8-6-4-2)11(13)12(15)16/h9,11H,3-8H2,1-2H3,(H,15,16)(H,17,18,19). The average molecular weight is 306 g/mol. The van der Waals surface area contributed by atoms with E-state index < -0.39 is 22.3 Å². The molecule has 0 saturated carbocycles. The van der Waals surface area contributed by atoms with E-state index in [1.54, 1.807) is 0 Å². The molecule has 0 spiro atoms. The number of hydrogen-bond donors (Lipinski definition) is 2. The number of aliphatic carboxylic acids is 1. The van der Waals surface area contributed by atoms with Gasteiger partial charge in [-0.15, -0.1) is 0 Å². The molecule has 0 fully saturated rings.